The molecule has 0 aliphatic rings. The van der Waals surface area contributed by atoms with Crippen molar-refractivity contribution >= 4 is 11.8 Å². The molecule has 0 unspecified atom stereocenters. The summed E-state index contributed by atoms with van der Waals surface area (Å²) in [5.41, 5.74) is 1.40. The van der Waals surface area contributed by atoms with Gasteiger partial charge in [0.05, 0.1) is 17.6 Å². The zero-order chi connectivity index (χ0) is 13.1. The quantitative estimate of drug-likeness (QED) is 0.757. The number of hydrogen-bond acceptors (Lipinski definition) is 3. The van der Waals surface area contributed by atoms with Gasteiger partial charge >= 0.3 is 6.09 Å². The van der Waals surface area contributed by atoms with Crippen LogP contribution in [0.25, 0.3) is 0 Å². The van der Waals surface area contributed by atoms with Gasteiger partial charge in [0.25, 0.3) is 0 Å². The first kappa shape index (κ1) is 13.0. The molecule has 1 rings (SSSR count). The van der Waals surface area contributed by atoms with Crippen molar-refractivity contribution < 1.29 is 9.53 Å². The molecule has 0 saturated heterocycles. The first-order chi connectivity index (χ1) is 7.81. The van der Waals surface area contributed by atoms with Gasteiger partial charge < -0.3 is 4.74 Å². The van der Waals surface area contributed by atoms with Gasteiger partial charge in [-0.15, -0.1) is 6.42 Å². The number of carbonyl (C=O) groups excluding carboxylic acids is 1. The summed E-state index contributed by atoms with van der Waals surface area (Å²) in [6.07, 6.45) is 6.34. The van der Waals surface area contributed by atoms with Gasteiger partial charge in [-0.3, -0.25) is 10.3 Å². The fourth-order valence-corrected chi connectivity index (χ4v) is 1.17. The Balaban J connectivity index is 2.77. The molecule has 17 heavy (non-hydrogen) atoms. The van der Waals surface area contributed by atoms with Crippen LogP contribution in [0.1, 0.15) is 32.0 Å². The predicted molar refractivity (Wildman–Crippen MR) is 66.8 cm³/mol. The summed E-state index contributed by atoms with van der Waals surface area (Å²) in [5.74, 6) is 2.50. The number of nitrogens with zero attached hydrogens (tertiary/aromatic N) is 1. The van der Waals surface area contributed by atoms with E-state index in [1.54, 1.807) is 33.0 Å². The average Bonchev–Trinajstić information content (AvgIpc) is 2.18. The first-order valence-electron chi connectivity index (χ1n) is 5.25. The third kappa shape index (κ3) is 4.15. The summed E-state index contributed by atoms with van der Waals surface area (Å²) in [6.45, 7) is 7.21. The van der Waals surface area contributed by atoms with Crippen LogP contribution in [0.3, 0.4) is 0 Å². The van der Waals surface area contributed by atoms with E-state index >= 15 is 0 Å². The van der Waals surface area contributed by atoms with E-state index < -0.39 is 11.7 Å². The van der Waals surface area contributed by atoms with Gasteiger partial charge in [0.2, 0.25) is 0 Å². The highest BCUT2D eigenvalue weighted by Gasteiger charge is 2.16. The molecule has 90 valence electrons. The molecular weight excluding hydrogens is 216 g/mol. The number of aryl methyl sites for hydroxylation is 1. The maximum absolute atomic E-state index is 11.5. The number of pyridine rings is 1. The molecule has 1 aromatic heterocycles. The number of aromatic nitrogens is 1. The smallest absolute Gasteiger partial charge is 0.412 e. The second-order valence-corrected chi connectivity index (χ2v) is 4.63. The lowest BCUT2D eigenvalue weighted by Crippen LogP contribution is -2.27. The minimum absolute atomic E-state index is 0.522. The normalized spacial score (nSPS) is 10.5. The summed E-state index contributed by atoms with van der Waals surface area (Å²) in [6, 6.07) is 1.69. The van der Waals surface area contributed by atoms with Crippen molar-refractivity contribution in [3.8, 4) is 12.3 Å². The van der Waals surface area contributed by atoms with E-state index in [4.69, 9.17) is 11.2 Å². The molecule has 0 saturated carbocycles. The highest BCUT2D eigenvalue weighted by atomic mass is 16.6. The van der Waals surface area contributed by atoms with Crippen molar-refractivity contribution in [1.29, 1.82) is 0 Å². The van der Waals surface area contributed by atoms with Crippen LogP contribution in [0.4, 0.5) is 10.5 Å². The maximum Gasteiger partial charge on any atom is 0.412 e. The minimum atomic E-state index is -0.531. The zero-order valence-electron chi connectivity index (χ0n) is 10.5. The van der Waals surface area contributed by atoms with Crippen molar-refractivity contribution in [2.75, 3.05) is 5.32 Å². The Morgan fingerprint density at radius 3 is 2.71 bits per heavy atom. The van der Waals surface area contributed by atoms with Crippen LogP contribution in [-0.2, 0) is 4.74 Å². The van der Waals surface area contributed by atoms with Crippen LogP contribution < -0.4 is 5.32 Å². The lowest BCUT2D eigenvalue weighted by Gasteiger charge is -2.19. The van der Waals surface area contributed by atoms with E-state index in [1.165, 1.54) is 0 Å². The van der Waals surface area contributed by atoms with Crippen molar-refractivity contribution in [3.63, 3.8) is 0 Å². The summed E-state index contributed by atoms with van der Waals surface area (Å²) < 4.78 is 5.12. The van der Waals surface area contributed by atoms with Gasteiger partial charge in [-0.1, -0.05) is 5.92 Å². The molecule has 0 aliphatic carbocycles. The van der Waals surface area contributed by atoms with Crippen molar-refractivity contribution in [1.82, 2.24) is 4.98 Å². The number of carbonyl (C=O) groups is 1. The standard InChI is InChI=1S/C13H16N2O2/c1-6-10-7-11(8-14-9(10)2)15-12(16)17-13(3,4)5/h1,7-8H,2-5H3,(H,15,16). The van der Waals surface area contributed by atoms with Crippen LogP contribution in [0.2, 0.25) is 0 Å². The first-order valence-corrected chi connectivity index (χ1v) is 5.25. The van der Waals surface area contributed by atoms with Crippen molar-refractivity contribution in [3.05, 3.63) is 23.5 Å². The molecule has 0 atom stereocenters. The number of anilines is 1. The largest absolute Gasteiger partial charge is 0.444 e. The Morgan fingerprint density at radius 2 is 2.18 bits per heavy atom. The monoisotopic (exact) mass is 232 g/mol. The molecular formula is C13H16N2O2. The van der Waals surface area contributed by atoms with Gasteiger partial charge in [0.1, 0.15) is 5.60 Å². The highest BCUT2D eigenvalue weighted by molar-refractivity contribution is 5.84. The Morgan fingerprint density at radius 1 is 1.53 bits per heavy atom. The number of ether oxygens (including phenoxy) is 1. The molecule has 1 aromatic rings. The third-order valence-electron chi connectivity index (χ3n) is 1.89. The van der Waals surface area contributed by atoms with E-state index in [0.29, 0.717) is 11.3 Å². The van der Waals surface area contributed by atoms with Crippen molar-refractivity contribution in [2.24, 2.45) is 0 Å². The van der Waals surface area contributed by atoms with E-state index in [1.807, 2.05) is 6.92 Å². The summed E-state index contributed by atoms with van der Waals surface area (Å²) in [7, 11) is 0. The Kier molecular flexibility index (Phi) is 3.74. The van der Waals surface area contributed by atoms with E-state index in [0.717, 1.165) is 5.69 Å². The Hall–Kier alpha value is -2.02. The molecule has 0 aromatic carbocycles. The number of amides is 1. The second-order valence-electron chi connectivity index (χ2n) is 4.63. The molecule has 0 spiro atoms. The minimum Gasteiger partial charge on any atom is -0.444 e. The molecule has 0 radical (unpaired) electrons. The van der Waals surface area contributed by atoms with Crippen LogP contribution >= 0.6 is 0 Å². The zero-order valence-corrected chi connectivity index (χ0v) is 10.5. The van der Waals surface area contributed by atoms with E-state index in [9.17, 15) is 4.79 Å². The summed E-state index contributed by atoms with van der Waals surface area (Å²) in [4.78, 5) is 15.6. The van der Waals surface area contributed by atoms with E-state index in [2.05, 4.69) is 16.2 Å². The molecule has 1 amide bonds. The van der Waals surface area contributed by atoms with Gasteiger partial charge in [-0.05, 0) is 33.8 Å². The fourth-order valence-electron chi connectivity index (χ4n) is 1.17. The number of rotatable bonds is 1. The topological polar surface area (TPSA) is 51.2 Å². The molecule has 1 heterocycles. The van der Waals surface area contributed by atoms with Crippen LogP contribution in [0, 0.1) is 19.3 Å². The Labute approximate surface area is 101 Å². The highest BCUT2D eigenvalue weighted by Crippen LogP contribution is 2.13. The van der Waals surface area contributed by atoms with Gasteiger partial charge in [0.15, 0.2) is 0 Å². The maximum atomic E-state index is 11.5. The molecule has 0 fully saturated rings. The number of terminal acetylenes is 1. The predicted octanol–water partition coefficient (Wildman–Crippen LogP) is 2.72. The van der Waals surface area contributed by atoms with Crippen LogP contribution in [0.15, 0.2) is 12.3 Å². The van der Waals surface area contributed by atoms with Crippen molar-refractivity contribution in [2.45, 2.75) is 33.3 Å². The molecule has 1 N–H and O–H groups in total. The average molecular weight is 232 g/mol. The third-order valence-corrected chi connectivity index (χ3v) is 1.89. The molecule has 0 bridgehead atoms. The van der Waals surface area contributed by atoms with Gasteiger partial charge in [0, 0.05) is 5.56 Å². The summed E-state index contributed by atoms with van der Waals surface area (Å²) >= 11 is 0. The lowest BCUT2D eigenvalue weighted by atomic mass is 10.2. The second kappa shape index (κ2) is 4.88. The number of hydrogen-bond donors (Lipinski definition) is 1. The van der Waals surface area contributed by atoms with Crippen LogP contribution in [-0.4, -0.2) is 16.7 Å². The van der Waals surface area contributed by atoms with E-state index in [-0.39, 0.29) is 0 Å². The molecule has 4 nitrogen and oxygen atoms in total. The number of nitrogens with one attached hydrogen (secondary N) is 1. The van der Waals surface area contributed by atoms with Gasteiger partial charge in [-0.2, -0.15) is 0 Å². The SMILES string of the molecule is C#Cc1cc(NC(=O)OC(C)(C)C)cnc1C. The molecule has 4 heteroatoms. The fraction of sp³-hybridized carbons (Fsp3) is 0.385. The summed E-state index contributed by atoms with van der Waals surface area (Å²) in [5, 5.41) is 2.58. The lowest BCUT2D eigenvalue weighted by molar-refractivity contribution is 0.0636. The Bertz CT molecular complexity index is 467. The molecule has 0 aliphatic heterocycles. The van der Waals surface area contributed by atoms with Gasteiger partial charge in [-0.25, -0.2) is 4.79 Å². The van der Waals surface area contributed by atoms with Crippen LogP contribution in [0.5, 0.6) is 0 Å².